The van der Waals surface area contributed by atoms with Crippen molar-refractivity contribution in [1.29, 1.82) is 0 Å². The van der Waals surface area contributed by atoms with Gasteiger partial charge in [-0.05, 0) is 68.3 Å². The number of aliphatic hydroxyl groups excluding tert-OH is 1. The number of carboxylic acids is 1. The van der Waals surface area contributed by atoms with E-state index in [-0.39, 0.29) is 23.4 Å². The highest BCUT2D eigenvalue weighted by Crippen LogP contribution is 2.69. The van der Waals surface area contributed by atoms with Crippen molar-refractivity contribution in [3.8, 4) is 0 Å². The Bertz CT molecular complexity index is 618. The van der Waals surface area contributed by atoms with Crippen LogP contribution in [0, 0.1) is 28.1 Å². The lowest BCUT2D eigenvalue weighted by atomic mass is 9.44. The van der Waals surface area contributed by atoms with Gasteiger partial charge in [-0.3, -0.25) is 4.79 Å². The maximum Gasteiger partial charge on any atom is 0.309 e. The summed E-state index contributed by atoms with van der Waals surface area (Å²) in [4.78, 5) is 12.0. The van der Waals surface area contributed by atoms with Gasteiger partial charge in [0, 0.05) is 5.41 Å². The fraction of sp³-hybridized carbons (Fsp3) is 0.750. The molecule has 2 bridgehead atoms. The average Bonchev–Trinajstić information content (AvgIpc) is 2.77. The van der Waals surface area contributed by atoms with Crippen LogP contribution in [0.5, 0.6) is 0 Å². The Labute approximate surface area is 138 Å². The van der Waals surface area contributed by atoms with Gasteiger partial charge in [-0.1, -0.05) is 31.1 Å². The van der Waals surface area contributed by atoms with Gasteiger partial charge in [0.1, 0.15) is 0 Å². The van der Waals surface area contributed by atoms with Gasteiger partial charge in [0.05, 0.1) is 12.0 Å². The predicted octanol–water partition coefficient (Wildman–Crippen LogP) is 3.93. The topological polar surface area (TPSA) is 57.5 Å². The Morgan fingerprint density at radius 2 is 2.09 bits per heavy atom. The molecule has 1 spiro atoms. The minimum atomic E-state index is -0.614. The van der Waals surface area contributed by atoms with E-state index in [0.29, 0.717) is 5.92 Å². The minimum Gasteiger partial charge on any atom is -0.481 e. The van der Waals surface area contributed by atoms with Crippen LogP contribution >= 0.6 is 0 Å². The van der Waals surface area contributed by atoms with Crippen LogP contribution in [0.25, 0.3) is 0 Å². The van der Waals surface area contributed by atoms with Gasteiger partial charge in [0.15, 0.2) is 0 Å². The van der Waals surface area contributed by atoms with Gasteiger partial charge < -0.3 is 10.2 Å². The number of rotatable bonds is 2. The fourth-order valence-electron chi connectivity index (χ4n) is 6.77. The highest BCUT2D eigenvalue weighted by Gasteiger charge is 2.61. The molecule has 0 unspecified atom stereocenters. The number of aliphatic hydroxyl groups is 1. The van der Waals surface area contributed by atoms with Gasteiger partial charge in [-0.15, -0.1) is 0 Å². The smallest absolute Gasteiger partial charge is 0.309 e. The number of allylic oxidation sites excluding steroid dienone is 3. The Morgan fingerprint density at radius 3 is 2.78 bits per heavy atom. The van der Waals surface area contributed by atoms with Crippen molar-refractivity contribution in [3.05, 3.63) is 23.3 Å². The molecular weight excluding hydrogens is 288 g/mol. The van der Waals surface area contributed by atoms with Gasteiger partial charge in [-0.2, -0.15) is 0 Å². The van der Waals surface area contributed by atoms with Crippen LogP contribution in [0.15, 0.2) is 23.3 Å². The van der Waals surface area contributed by atoms with Crippen LogP contribution in [0.2, 0.25) is 0 Å². The maximum absolute atomic E-state index is 12.0. The molecule has 0 radical (unpaired) electrons. The van der Waals surface area contributed by atoms with Gasteiger partial charge in [0.25, 0.3) is 0 Å². The van der Waals surface area contributed by atoms with Crippen LogP contribution in [-0.2, 0) is 4.79 Å². The third kappa shape index (κ3) is 1.83. The molecule has 0 aromatic rings. The lowest BCUT2D eigenvalue weighted by Crippen LogP contribution is -2.54. The van der Waals surface area contributed by atoms with E-state index >= 15 is 0 Å². The van der Waals surface area contributed by atoms with Crippen molar-refractivity contribution >= 4 is 5.97 Å². The first-order chi connectivity index (χ1) is 10.9. The summed E-state index contributed by atoms with van der Waals surface area (Å²) in [5.41, 5.74) is 2.26. The summed E-state index contributed by atoms with van der Waals surface area (Å²) in [6.45, 7) is 4.49. The lowest BCUT2D eigenvalue weighted by Gasteiger charge is -2.59. The second-order valence-corrected chi connectivity index (χ2v) is 8.87. The zero-order valence-electron chi connectivity index (χ0n) is 14.3. The van der Waals surface area contributed by atoms with Crippen LogP contribution in [0.3, 0.4) is 0 Å². The molecule has 0 saturated heterocycles. The molecule has 4 aliphatic carbocycles. The first-order valence-corrected chi connectivity index (χ1v) is 9.13. The molecule has 4 aliphatic rings. The Morgan fingerprint density at radius 1 is 1.30 bits per heavy atom. The molecule has 0 amide bonds. The molecule has 5 atom stereocenters. The number of aliphatic carboxylic acids is 1. The molecule has 23 heavy (non-hydrogen) atoms. The predicted molar refractivity (Wildman–Crippen MR) is 88.8 cm³/mol. The minimum absolute atomic E-state index is 0.00994. The van der Waals surface area contributed by atoms with Crippen LogP contribution in [0.4, 0.5) is 0 Å². The first-order valence-electron chi connectivity index (χ1n) is 9.13. The molecule has 0 aromatic carbocycles. The summed E-state index contributed by atoms with van der Waals surface area (Å²) in [5.74, 6) is 0.135. The molecule has 2 fully saturated rings. The third-order valence-electron chi connectivity index (χ3n) is 7.84. The Kier molecular flexibility index (Phi) is 3.17. The monoisotopic (exact) mass is 316 g/mol. The first kappa shape index (κ1) is 15.4. The summed E-state index contributed by atoms with van der Waals surface area (Å²) >= 11 is 0. The van der Waals surface area contributed by atoms with Crippen LogP contribution in [0.1, 0.15) is 58.8 Å². The normalized spacial score (nSPS) is 48.1. The van der Waals surface area contributed by atoms with E-state index in [0.717, 1.165) is 44.9 Å². The molecule has 3 nitrogen and oxygen atoms in total. The SMILES string of the molecule is C[C@@]1(C(=O)O)CCC[C@]2(C)C3=CC[C@H]4C[C@@]3(C=C4CO)CC[C@@H]12. The quantitative estimate of drug-likeness (QED) is 0.759. The third-order valence-corrected chi connectivity index (χ3v) is 7.84. The number of carbonyl (C=O) groups is 1. The summed E-state index contributed by atoms with van der Waals surface area (Å²) < 4.78 is 0. The van der Waals surface area contributed by atoms with Gasteiger partial charge in [-0.25, -0.2) is 0 Å². The van der Waals surface area contributed by atoms with Crippen molar-refractivity contribution in [2.75, 3.05) is 6.61 Å². The second kappa shape index (κ2) is 4.72. The zero-order chi connectivity index (χ0) is 16.5. The molecule has 2 saturated carbocycles. The highest BCUT2D eigenvalue weighted by molar-refractivity contribution is 5.75. The maximum atomic E-state index is 12.0. The van der Waals surface area contributed by atoms with Crippen molar-refractivity contribution in [2.24, 2.45) is 28.1 Å². The highest BCUT2D eigenvalue weighted by atomic mass is 16.4. The standard InChI is InChI=1S/C20H28O3/c1-18-7-3-8-19(2,17(22)23)15(18)6-9-20-10-13(4-5-16(18)20)14(11-20)12-21/h5,11,13,15,21H,3-4,6-10,12H2,1-2H3,(H,22,23)/t13-,15+,18-,19+,20+/m0/s1. The van der Waals surface area contributed by atoms with Crippen LogP contribution < -0.4 is 0 Å². The van der Waals surface area contributed by atoms with E-state index in [4.69, 9.17) is 0 Å². The molecule has 3 heteroatoms. The number of carboxylic acid groups (broad SMARTS) is 1. The zero-order valence-corrected chi connectivity index (χ0v) is 14.3. The molecular formula is C20H28O3. The number of hydrogen-bond donors (Lipinski definition) is 2. The van der Waals surface area contributed by atoms with Gasteiger partial charge >= 0.3 is 5.97 Å². The van der Waals surface area contributed by atoms with E-state index in [1.165, 1.54) is 11.1 Å². The van der Waals surface area contributed by atoms with Crippen molar-refractivity contribution in [3.63, 3.8) is 0 Å². The molecule has 4 rings (SSSR count). The van der Waals surface area contributed by atoms with E-state index in [2.05, 4.69) is 19.1 Å². The Hall–Kier alpha value is -1.09. The summed E-state index contributed by atoms with van der Waals surface area (Å²) in [6.07, 6.45) is 11.9. The number of hydrogen-bond acceptors (Lipinski definition) is 2. The largest absolute Gasteiger partial charge is 0.481 e. The fourth-order valence-corrected chi connectivity index (χ4v) is 6.77. The molecule has 0 heterocycles. The average molecular weight is 316 g/mol. The summed E-state index contributed by atoms with van der Waals surface area (Å²) in [6, 6.07) is 0. The van der Waals surface area contributed by atoms with Crippen molar-refractivity contribution in [1.82, 2.24) is 0 Å². The van der Waals surface area contributed by atoms with Gasteiger partial charge in [0.2, 0.25) is 0 Å². The second-order valence-electron chi connectivity index (χ2n) is 8.87. The molecule has 0 aromatic heterocycles. The summed E-state index contributed by atoms with van der Waals surface area (Å²) in [7, 11) is 0. The van der Waals surface area contributed by atoms with Crippen molar-refractivity contribution < 1.29 is 15.0 Å². The van der Waals surface area contributed by atoms with Crippen molar-refractivity contribution in [2.45, 2.75) is 58.8 Å². The van der Waals surface area contributed by atoms with Crippen LogP contribution in [-0.4, -0.2) is 22.8 Å². The molecule has 0 aliphatic heterocycles. The summed E-state index contributed by atoms with van der Waals surface area (Å²) in [5, 5.41) is 19.6. The van der Waals surface area contributed by atoms with E-state index in [1.807, 2.05) is 6.92 Å². The molecule has 2 N–H and O–H groups in total. The van der Waals surface area contributed by atoms with E-state index in [9.17, 15) is 15.0 Å². The number of fused-ring (bicyclic) bond motifs is 3. The lowest BCUT2D eigenvalue weighted by molar-refractivity contribution is -0.161. The van der Waals surface area contributed by atoms with E-state index in [1.54, 1.807) is 0 Å². The van der Waals surface area contributed by atoms with E-state index < -0.39 is 11.4 Å². The molecule has 126 valence electrons. The Balaban J connectivity index is 1.80.